The number of rotatable bonds is 3. The number of amides is 2. The van der Waals surface area contributed by atoms with Gasteiger partial charge in [-0.15, -0.1) is 11.3 Å². The quantitative estimate of drug-likeness (QED) is 0.821. The number of benzene rings is 1. The summed E-state index contributed by atoms with van der Waals surface area (Å²) in [5.41, 5.74) is 3.83. The molecule has 1 saturated heterocycles. The molecule has 2 fully saturated rings. The smallest absolute Gasteiger partial charge is 0.229 e. The Kier molecular flexibility index (Phi) is 4.44. The average molecular weight is 398 g/mol. The first-order valence-corrected chi connectivity index (χ1v) is 10.8. The van der Waals surface area contributed by atoms with Crippen LogP contribution in [0.3, 0.4) is 0 Å². The van der Waals surface area contributed by atoms with Crippen LogP contribution in [0, 0.1) is 5.92 Å². The van der Waals surface area contributed by atoms with Crippen molar-refractivity contribution in [3.05, 3.63) is 29.1 Å². The number of nitrogens with zero attached hydrogens (tertiary/aromatic N) is 1. The van der Waals surface area contributed by atoms with E-state index in [0.29, 0.717) is 18.2 Å². The van der Waals surface area contributed by atoms with Gasteiger partial charge in [-0.2, -0.15) is 0 Å². The van der Waals surface area contributed by atoms with Crippen LogP contribution in [-0.4, -0.2) is 29.0 Å². The third-order valence-corrected chi connectivity index (χ3v) is 6.92. The van der Waals surface area contributed by atoms with Gasteiger partial charge in [0.2, 0.25) is 11.8 Å². The van der Waals surface area contributed by atoms with Gasteiger partial charge < -0.3 is 15.4 Å². The van der Waals surface area contributed by atoms with E-state index in [-0.39, 0.29) is 23.3 Å². The van der Waals surface area contributed by atoms with Crippen molar-refractivity contribution in [1.82, 2.24) is 4.98 Å². The minimum atomic E-state index is -0.0349. The van der Waals surface area contributed by atoms with E-state index in [1.807, 2.05) is 17.5 Å². The second-order valence-corrected chi connectivity index (χ2v) is 8.88. The van der Waals surface area contributed by atoms with E-state index in [1.165, 1.54) is 17.8 Å². The van der Waals surface area contributed by atoms with E-state index in [0.717, 1.165) is 54.6 Å². The van der Waals surface area contributed by atoms with Crippen LogP contribution < -0.4 is 10.6 Å². The minimum absolute atomic E-state index is 0.00811. The van der Waals surface area contributed by atoms with Gasteiger partial charge in [0.15, 0.2) is 5.13 Å². The van der Waals surface area contributed by atoms with Gasteiger partial charge >= 0.3 is 0 Å². The van der Waals surface area contributed by atoms with Crippen LogP contribution in [0.2, 0.25) is 0 Å². The highest BCUT2D eigenvalue weighted by atomic mass is 32.1. The average Bonchev–Trinajstić information content (AvgIpc) is 3.15. The van der Waals surface area contributed by atoms with Crippen LogP contribution >= 0.6 is 11.3 Å². The van der Waals surface area contributed by atoms with Crippen molar-refractivity contribution >= 4 is 34.0 Å². The molecule has 1 saturated carbocycles. The second kappa shape index (κ2) is 6.97. The van der Waals surface area contributed by atoms with Crippen LogP contribution in [-0.2, 0) is 20.7 Å². The number of hydrogen-bond donors (Lipinski definition) is 2. The molecule has 2 aromatic rings. The molecule has 2 aliphatic heterocycles. The lowest BCUT2D eigenvalue weighted by molar-refractivity contribution is -0.153. The number of aromatic nitrogens is 1. The van der Waals surface area contributed by atoms with Crippen LogP contribution in [0.4, 0.5) is 10.8 Å². The molecule has 1 unspecified atom stereocenters. The van der Waals surface area contributed by atoms with Gasteiger partial charge in [0.25, 0.3) is 0 Å². The lowest BCUT2D eigenvalue weighted by atomic mass is 9.72. The summed E-state index contributed by atoms with van der Waals surface area (Å²) >= 11 is 1.45. The van der Waals surface area contributed by atoms with E-state index >= 15 is 0 Å². The minimum Gasteiger partial charge on any atom is -0.375 e. The first kappa shape index (κ1) is 17.8. The van der Waals surface area contributed by atoms with Gasteiger partial charge in [0.05, 0.1) is 11.3 Å². The molecule has 2 N–H and O–H groups in total. The molecule has 1 aromatic carbocycles. The molecule has 2 amide bonds. The second-order valence-electron chi connectivity index (χ2n) is 8.02. The maximum absolute atomic E-state index is 12.7. The third-order valence-electron chi connectivity index (χ3n) is 6.16. The molecule has 0 radical (unpaired) electrons. The molecule has 3 heterocycles. The summed E-state index contributed by atoms with van der Waals surface area (Å²) in [4.78, 5) is 28.9. The molecule has 5 rings (SSSR count). The van der Waals surface area contributed by atoms with Crippen LogP contribution in [0.5, 0.6) is 0 Å². The van der Waals surface area contributed by atoms with Gasteiger partial charge in [-0.05, 0) is 56.2 Å². The zero-order valence-electron chi connectivity index (χ0n) is 15.6. The van der Waals surface area contributed by atoms with Crippen molar-refractivity contribution in [2.75, 3.05) is 17.2 Å². The molecule has 28 heavy (non-hydrogen) atoms. The highest BCUT2D eigenvalue weighted by molar-refractivity contribution is 7.14. The number of aryl methyl sites for hydroxylation is 1. The molecule has 146 valence electrons. The summed E-state index contributed by atoms with van der Waals surface area (Å²) < 4.78 is 5.93. The van der Waals surface area contributed by atoms with E-state index in [1.54, 1.807) is 0 Å². The largest absolute Gasteiger partial charge is 0.375 e. The SMILES string of the molecule is O=C1CCc2cc(-c3csc(NC(=O)C4CCOC5(CCC5)C4)n3)ccc2N1. The lowest BCUT2D eigenvalue weighted by Gasteiger charge is -2.46. The molecular weight excluding hydrogens is 374 g/mol. The normalized spacial score (nSPS) is 22.9. The fourth-order valence-electron chi connectivity index (χ4n) is 4.39. The predicted octanol–water partition coefficient (Wildman–Crippen LogP) is 3.98. The topological polar surface area (TPSA) is 80.3 Å². The summed E-state index contributed by atoms with van der Waals surface area (Å²) in [7, 11) is 0. The van der Waals surface area contributed by atoms with Gasteiger partial charge in [-0.25, -0.2) is 4.98 Å². The first-order valence-electron chi connectivity index (χ1n) is 9.94. The Morgan fingerprint density at radius 2 is 2.21 bits per heavy atom. The number of hydrogen-bond acceptors (Lipinski definition) is 5. The highest BCUT2D eigenvalue weighted by Crippen LogP contribution is 2.44. The lowest BCUT2D eigenvalue weighted by Crippen LogP contribution is -2.47. The van der Waals surface area contributed by atoms with E-state index in [4.69, 9.17) is 4.74 Å². The molecule has 6 nitrogen and oxygen atoms in total. The summed E-state index contributed by atoms with van der Waals surface area (Å²) in [5, 5.41) is 8.52. The number of thiazole rings is 1. The zero-order chi connectivity index (χ0) is 19.1. The van der Waals surface area contributed by atoms with Crippen molar-refractivity contribution in [3.63, 3.8) is 0 Å². The molecular formula is C21H23N3O3S. The molecule has 7 heteroatoms. The Labute approximate surface area is 167 Å². The first-order chi connectivity index (χ1) is 13.6. The van der Waals surface area contributed by atoms with E-state index in [9.17, 15) is 9.59 Å². The molecule has 1 aromatic heterocycles. The maximum atomic E-state index is 12.7. The standard InChI is InChI=1S/C21H23N3O3S/c25-18-5-3-13-10-14(2-4-16(13)22-18)17-12-28-20(23-17)24-19(26)15-6-9-27-21(11-15)7-1-8-21/h2,4,10,12,15H,1,3,5-9,11H2,(H,22,25)(H,23,24,26). The molecule has 3 aliphatic rings. The van der Waals surface area contributed by atoms with Crippen LogP contribution in [0.25, 0.3) is 11.3 Å². The van der Waals surface area contributed by atoms with Crippen molar-refractivity contribution in [1.29, 1.82) is 0 Å². The number of fused-ring (bicyclic) bond motifs is 1. The fraction of sp³-hybridized carbons (Fsp3) is 0.476. The highest BCUT2D eigenvalue weighted by Gasteiger charge is 2.44. The number of carbonyl (C=O) groups is 2. The molecule has 0 bridgehead atoms. The Morgan fingerprint density at radius 3 is 3.04 bits per heavy atom. The van der Waals surface area contributed by atoms with Crippen LogP contribution in [0.1, 0.15) is 44.1 Å². The van der Waals surface area contributed by atoms with E-state index < -0.39 is 0 Å². The zero-order valence-corrected chi connectivity index (χ0v) is 16.4. The fourth-order valence-corrected chi connectivity index (χ4v) is 5.11. The number of anilines is 2. The van der Waals surface area contributed by atoms with Crippen molar-refractivity contribution in [3.8, 4) is 11.3 Å². The Hall–Kier alpha value is -2.25. The summed E-state index contributed by atoms with van der Waals surface area (Å²) in [5.74, 6) is 0.132. The Bertz CT molecular complexity index is 935. The molecule has 1 aliphatic carbocycles. The van der Waals surface area contributed by atoms with Gasteiger partial charge in [-0.3, -0.25) is 9.59 Å². The molecule has 1 spiro atoms. The molecule has 1 atom stereocenters. The van der Waals surface area contributed by atoms with Crippen molar-refractivity contribution in [2.24, 2.45) is 5.92 Å². The van der Waals surface area contributed by atoms with Gasteiger partial charge in [0.1, 0.15) is 0 Å². The van der Waals surface area contributed by atoms with Gasteiger partial charge in [-0.1, -0.05) is 6.07 Å². The van der Waals surface area contributed by atoms with Crippen molar-refractivity contribution in [2.45, 2.75) is 50.5 Å². The number of nitrogens with one attached hydrogen (secondary N) is 2. The number of ether oxygens (including phenoxy) is 1. The summed E-state index contributed by atoms with van der Waals surface area (Å²) in [6.45, 7) is 0.673. The van der Waals surface area contributed by atoms with Crippen LogP contribution in [0.15, 0.2) is 23.6 Å². The maximum Gasteiger partial charge on any atom is 0.229 e. The summed E-state index contributed by atoms with van der Waals surface area (Å²) in [6.07, 6.45) is 6.23. The number of carbonyl (C=O) groups excluding carboxylic acids is 2. The Morgan fingerprint density at radius 1 is 1.32 bits per heavy atom. The Balaban J connectivity index is 1.27. The third kappa shape index (κ3) is 3.33. The van der Waals surface area contributed by atoms with Gasteiger partial charge in [0, 0.05) is 35.6 Å². The van der Waals surface area contributed by atoms with E-state index in [2.05, 4.69) is 21.7 Å². The summed E-state index contributed by atoms with van der Waals surface area (Å²) in [6, 6.07) is 5.97. The van der Waals surface area contributed by atoms with Crippen molar-refractivity contribution < 1.29 is 14.3 Å². The monoisotopic (exact) mass is 397 g/mol. The predicted molar refractivity (Wildman–Crippen MR) is 108 cm³/mol.